The summed E-state index contributed by atoms with van der Waals surface area (Å²) < 4.78 is 12.2. The lowest BCUT2D eigenvalue weighted by Crippen LogP contribution is -2.20. The summed E-state index contributed by atoms with van der Waals surface area (Å²) in [6.45, 7) is 6.35. The summed E-state index contributed by atoms with van der Waals surface area (Å²) in [5.74, 6) is 5.65. The highest BCUT2D eigenvalue weighted by Crippen LogP contribution is 2.34. The van der Waals surface area contributed by atoms with Gasteiger partial charge >= 0.3 is 0 Å². The van der Waals surface area contributed by atoms with Gasteiger partial charge in [0, 0.05) is 0 Å². The summed E-state index contributed by atoms with van der Waals surface area (Å²) in [6.07, 6.45) is 25.2. The Kier molecular flexibility index (Phi) is 13.3. The van der Waals surface area contributed by atoms with Crippen LogP contribution in [0.2, 0.25) is 0 Å². The third-order valence-corrected chi connectivity index (χ3v) is 8.68. The molecule has 0 unspecified atom stereocenters. The monoisotopic (exact) mass is 470 g/mol. The van der Waals surface area contributed by atoms with Gasteiger partial charge in [0.15, 0.2) is 0 Å². The zero-order valence-corrected chi connectivity index (χ0v) is 22.6. The van der Waals surface area contributed by atoms with E-state index in [1.165, 1.54) is 116 Å². The van der Waals surface area contributed by atoms with Gasteiger partial charge < -0.3 is 9.47 Å². The van der Waals surface area contributed by atoms with E-state index < -0.39 is 0 Å². The summed E-state index contributed by atoms with van der Waals surface area (Å²) >= 11 is 0. The van der Waals surface area contributed by atoms with Gasteiger partial charge in [-0.1, -0.05) is 104 Å². The number of hydrogen-bond donors (Lipinski definition) is 0. The van der Waals surface area contributed by atoms with Crippen LogP contribution in [0.1, 0.15) is 129 Å². The van der Waals surface area contributed by atoms with Crippen molar-refractivity contribution in [2.45, 2.75) is 129 Å². The maximum Gasteiger partial charge on any atom is 0.119 e. The average Bonchev–Trinajstić information content (AvgIpc) is 2.88. The lowest BCUT2D eigenvalue weighted by molar-refractivity contribution is 0.177. The topological polar surface area (TPSA) is 18.5 Å². The van der Waals surface area contributed by atoms with Crippen molar-refractivity contribution < 1.29 is 9.47 Å². The first kappa shape index (κ1) is 27.4. The van der Waals surface area contributed by atoms with E-state index in [2.05, 4.69) is 38.1 Å². The molecule has 2 aliphatic carbocycles. The van der Waals surface area contributed by atoms with E-state index in [1.807, 2.05) is 0 Å². The molecule has 0 N–H and O–H groups in total. The molecule has 0 bridgehead atoms. The Morgan fingerprint density at radius 3 is 1.62 bits per heavy atom. The van der Waals surface area contributed by atoms with Gasteiger partial charge in [-0.05, 0) is 73.6 Å². The molecule has 34 heavy (non-hydrogen) atoms. The van der Waals surface area contributed by atoms with Gasteiger partial charge in [-0.3, -0.25) is 0 Å². The van der Waals surface area contributed by atoms with E-state index in [-0.39, 0.29) is 0 Å². The highest BCUT2D eigenvalue weighted by molar-refractivity contribution is 5.31. The largest absolute Gasteiger partial charge is 0.494 e. The number of rotatable bonds is 16. The normalized spacial score (nSPS) is 25.2. The van der Waals surface area contributed by atoms with E-state index >= 15 is 0 Å². The Morgan fingerprint density at radius 1 is 0.529 bits per heavy atom. The SMILES string of the molecule is CCCCCCC[C@H]1CC[C@H](COc2ccc(OCCC[C@H]3CC[C@H](CCC)CC3)cc2)CC1. The maximum atomic E-state index is 6.14. The van der Waals surface area contributed by atoms with Gasteiger partial charge in [-0.15, -0.1) is 0 Å². The van der Waals surface area contributed by atoms with Crippen LogP contribution in [0.25, 0.3) is 0 Å². The van der Waals surface area contributed by atoms with Crippen LogP contribution >= 0.6 is 0 Å². The Balaban J connectivity index is 1.21. The predicted molar refractivity (Wildman–Crippen MR) is 146 cm³/mol. The van der Waals surface area contributed by atoms with Crippen molar-refractivity contribution in [3.05, 3.63) is 24.3 Å². The fraction of sp³-hybridized carbons (Fsp3) is 0.812. The van der Waals surface area contributed by atoms with E-state index in [0.717, 1.165) is 48.4 Å². The van der Waals surface area contributed by atoms with Crippen LogP contribution in [0.5, 0.6) is 11.5 Å². The molecule has 0 aliphatic heterocycles. The summed E-state index contributed by atoms with van der Waals surface area (Å²) in [6, 6.07) is 8.35. The van der Waals surface area contributed by atoms with Crippen molar-refractivity contribution >= 4 is 0 Å². The number of benzene rings is 1. The molecular formula is C32H54O2. The smallest absolute Gasteiger partial charge is 0.119 e. The fourth-order valence-corrected chi connectivity index (χ4v) is 6.35. The molecule has 0 amide bonds. The van der Waals surface area contributed by atoms with Crippen LogP contribution in [0, 0.1) is 23.7 Å². The molecule has 2 aliphatic rings. The van der Waals surface area contributed by atoms with Crippen LogP contribution in [-0.4, -0.2) is 13.2 Å². The van der Waals surface area contributed by atoms with Crippen LogP contribution in [0.4, 0.5) is 0 Å². The van der Waals surface area contributed by atoms with Gasteiger partial charge in [-0.2, -0.15) is 0 Å². The van der Waals surface area contributed by atoms with Crippen molar-refractivity contribution in [2.24, 2.45) is 23.7 Å². The van der Waals surface area contributed by atoms with Crippen molar-refractivity contribution in [1.29, 1.82) is 0 Å². The summed E-state index contributed by atoms with van der Waals surface area (Å²) in [5, 5.41) is 0. The van der Waals surface area contributed by atoms with Crippen LogP contribution in [0.3, 0.4) is 0 Å². The highest BCUT2D eigenvalue weighted by atomic mass is 16.5. The van der Waals surface area contributed by atoms with Crippen molar-refractivity contribution in [1.82, 2.24) is 0 Å². The van der Waals surface area contributed by atoms with E-state index in [9.17, 15) is 0 Å². The van der Waals surface area contributed by atoms with E-state index in [4.69, 9.17) is 9.47 Å². The number of ether oxygens (including phenoxy) is 2. The molecule has 0 saturated heterocycles. The first-order chi connectivity index (χ1) is 16.8. The maximum absolute atomic E-state index is 6.14. The minimum atomic E-state index is 0.740. The highest BCUT2D eigenvalue weighted by Gasteiger charge is 2.22. The molecule has 1 aromatic rings. The molecular weight excluding hydrogens is 416 g/mol. The molecule has 1 aromatic carbocycles. The third kappa shape index (κ3) is 10.6. The second-order valence-electron chi connectivity index (χ2n) is 11.5. The van der Waals surface area contributed by atoms with Crippen molar-refractivity contribution in [2.75, 3.05) is 13.2 Å². The van der Waals surface area contributed by atoms with Gasteiger partial charge in [0.2, 0.25) is 0 Å². The molecule has 0 atom stereocenters. The molecule has 0 radical (unpaired) electrons. The Labute approximate surface area is 211 Å². The lowest BCUT2D eigenvalue weighted by Gasteiger charge is -2.28. The van der Waals surface area contributed by atoms with Crippen LogP contribution < -0.4 is 9.47 Å². The number of hydrogen-bond acceptors (Lipinski definition) is 2. The third-order valence-electron chi connectivity index (χ3n) is 8.68. The van der Waals surface area contributed by atoms with E-state index in [0.29, 0.717) is 0 Å². The zero-order valence-electron chi connectivity index (χ0n) is 22.6. The standard InChI is InChI=1S/C32H54O2/c1-3-5-6-7-8-11-28-17-19-30(20-18-28)26-34-32-23-21-31(22-24-32)33-25-9-12-29-15-13-27(10-4-2)14-16-29/h21-24,27-30H,3-20,25-26H2,1-2H3/t27-,28-,29-,30-. The first-order valence-corrected chi connectivity index (χ1v) is 15.1. The Hall–Kier alpha value is -1.18. The molecule has 0 aromatic heterocycles. The minimum absolute atomic E-state index is 0.740. The molecule has 2 nitrogen and oxygen atoms in total. The summed E-state index contributed by atoms with van der Waals surface area (Å²) in [5.41, 5.74) is 0. The second kappa shape index (κ2) is 16.5. The van der Waals surface area contributed by atoms with Gasteiger partial charge in [0.1, 0.15) is 11.5 Å². The average molecular weight is 471 g/mol. The molecule has 3 rings (SSSR count). The number of unbranched alkanes of at least 4 members (excludes halogenated alkanes) is 4. The summed E-state index contributed by atoms with van der Waals surface area (Å²) in [7, 11) is 0. The quantitative estimate of drug-likeness (QED) is 0.224. The predicted octanol–water partition coefficient (Wildman–Crippen LogP) is 10.00. The van der Waals surface area contributed by atoms with Gasteiger partial charge in [-0.25, -0.2) is 0 Å². The molecule has 194 valence electrons. The van der Waals surface area contributed by atoms with Gasteiger partial charge in [0.25, 0.3) is 0 Å². The molecule has 0 spiro atoms. The first-order valence-electron chi connectivity index (χ1n) is 15.1. The van der Waals surface area contributed by atoms with Crippen LogP contribution in [0.15, 0.2) is 24.3 Å². The minimum Gasteiger partial charge on any atom is -0.494 e. The molecule has 0 heterocycles. The zero-order chi connectivity index (χ0) is 23.8. The fourth-order valence-electron chi connectivity index (χ4n) is 6.35. The Bertz CT molecular complexity index is 608. The molecule has 2 fully saturated rings. The summed E-state index contributed by atoms with van der Waals surface area (Å²) in [4.78, 5) is 0. The lowest BCUT2D eigenvalue weighted by atomic mass is 9.78. The Morgan fingerprint density at radius 2 is 1.03 bits per heavy atom. The van der Waals surface area contributed by atoms with Crippen molar-refractivity contribution in [3.63, 3.8) is 0 Å². The van der Waals surface area contributed by atoms with E-state index in [1.54, 1.807) is 0 Å². The second-order valence-corrected chi connectivity index (χ2v) is 11.5. The molecule has 2 saturated carbocycles. The molecule has 2 heteroatoms. The van der Waals surface area contributed by atoms with Crippen LogP contribution in [-0.2, 0) is 0 Å². The van der Waals surface area contributed by atoms with Crippen molar-refractivity contribution in [3.8, 4) is 11.5 Å². The van der Waals surface area contributed by atoms with Gasteiger partial charge in [0.05, 0.1) is 13.2 Å².